The molecule has 2 aliphatic heterocycles. The summed E-state index contributed by atoms with van der Waals surface area (Å²) in [5.74, 6) is -2.39. The molecule has 0 N–H and O–H groups in total. The lowest BCUT2D eigenvalue weighted by molar-refractivity contribution is -0.189. The number of nitrogens with zero attached hydrogens (tertiary/aromatic N) is 1. The summed E-state index contributed by atoms with van der Waals surface area (Å²) < 4.78 is 17.0. The number of carbonyl (C=O) groups excluding carboxylic acids is 3. The molecule has 2 fully saturated rings. The SMILES string of the molecule is C=CCOC(=O)[C@@]1(C(=O)OCC[Si](C)(C)C)[C@H](C=S)S[C@@H]2[C@H](C(C)O[Si](C)(C)C)C(=O)N21. The van der Waals surface area contributed by atoms with Crippen LogP contribution in [0.3, 0.4) is 0 Å². The van der Waals surface area contributed by atoms with E-state index in [-0.39, 0.29) is 25.2 Å². The Kier molecular flexibility index (Phi) is 8.58. The highest BCUT2D eigenvalue weighted by Crippen LogP contribution is 2.54. The first-order valence-electron chi connectivity index (χ1n) is 10.8. The van der Waals surface area contributed by atoms with Crippen LogP contribution in [0, 0.1) is 5.92 Å². The van der Waals surface area contributed by atoms with E-state index in [1.54, 1.807) is 0 Å². The summed E-state index contributed by atoms with van der Waals surface area (Å²) in [6, 6.07) is 0.743. The van der Waals surface area contributed by atoms with Crippen LogP contribution in [-0.4, -0.2) is 80.0 Å². The predicted octanol–water partition coefficient (Wildman–Crippen LogP) is 3.48. The summed E-state index contributed by atoms with van der Waals surface area (Å²) in [6.45, 7) is 18.2. The Morgan fingerprint density at radius 1 is 1.22 bits per heavy atom. The van der Waals surface area contributed by atoms with Crippen molar-refractivity contribution in [2.75, 3.05) is 13.2 Å². The summed E-state index contributed by atoms with van der Waals surface area (Å²) >= 11 is 6.54. The van der Waals surface area contributed by atoms with Gasteiger partial charge in [-0.3, -0.25) is 4.79 Å². The molecule has 0 aromatic carbocycles. The van der Waals surface area contributed by atoms with Crippen LogP contribution in [0.15, 0.2) is 12.7 Å². The van der Waals surface area contributed by atoms with Crippen molar-refractivity contribution >= 4 is 63.6 Å². The molecule has 0 aromatic heterocycles. The monoisotopic (exact) mass is 517 g/mol. The molecule has 0 aliphatic carbocycles. The van der Waals surface area contributed by atoms with Gasteiger partial charge in [0, 0.05) is 8.07 Å². The molecule has 5 atom stereocenters. The number of hydrogen-bond acceptors (Lipinski definition) is 8. The molecule has 1 unspecified atom stereocenters. The molecule has 32 heavy (non-hydrogen) atoms. The van der Waals surface area contributed by atoms with Gasteiger partial charge in [0.2, 0.25) is 5.91 Å². The van der Waals surface area contributed by atoms with E-state index in [1.165, 1.54) is 28.1 Å². The van der Waals surface area contributed by atoms with Crippen LogP contribution in [0.2, 0.25) is 45.3 Å². The van der Waals surface area contributed by atoms with E-state index in [4.69, 9.17) is 26.1 Å². The largest absolute Gasteiger partial charge is 0.464 e. The summed E-state index contributed by atoms with van der Waals surface area (Å²) in [5.41, 5.74) is -1.92. The Labute approximate surface area is 202 Å². The maximum Gasteiger partial charge on any atom is 0.345 e. The van der Waals surface area contributed by atoms with Crippen LogP contribution in [0.4, 0.5) is 0 Å². The van der Waals surface area contributed by atoms with Crippen molar-refractivity contribution in [1.82, 2.24) is 4.90 Å². The third-order valence-electron chi connectivity index (χ3n) is 5.37. The minimum atomic E-state index is -1.92. The van der Waals surface area contributed by atoms with Crippen molar-refractivity contribution < 1.29 is 28.3 Å². The van der Waals surface area contributed by atoms with Gasteiger partial charge < -0.3 is 18.8 Å². The van der Waals surface area contributed by atoms with Crippen LogP contribution in [0.25, 0.3) is 0 Å². The highest BCUT2D eigenvalue weighted by Gasteiger charge is 2.74. The number of amides is 1. The first kappa shape index (κ1) is 27.2. The third-order valence-corrected chi connectivity index (χ3v) is 10.2. The van der Waals surface area contributed by atoms with Gasteiger partial charge in [-0.1, -0.05) is 44.5 Å². The van der Waals surface area contributed by atoms with E-state index < -0.39 is 50.4 Å². The van der Waals surface area contributed by atoms with Gasteiger partial charge in [-0.2, -0.15) is 0 Å². The molecule has 0 radical (unpaired) electrons. The zero-order valence-corrected chi connectivity index (χ0v) is 23.6. The molecule has 0 saturated carbocycles. The standard InChI is InChI=1S/C21H35NO6S2Si2/c1-9-10-26-19(24)21(20(25)27-11-12-31(3,4)5)15(13-29)30-18-16(17(23)22(18)21)14(2)28-32(6,7)8/h9,13-16,18H,1,10-12H2,2-8H3/t14?,15-,16+,18+,21+/m0/s1. The smallest absolute Gasteiger partial charge is 0.345 e. The Morgan fingerprint density at radius 2 is 1.81 bits per heavy atom. The zero-order chi connectivity index (χ0) is 24.5. The summed E-state index contributed by atoms with van der Waals surface area (Å²) in [4.78, 5) is 41.4. The second kappa shape index (κ2) is 10.1. The highest BCUT2D eigenvalue weighted by atomic mass is 32.2. The van der Waals surface area contributed by atoms with Crippen LogP contribution < -0.4 is 0 Å². The van der Waals surface area contributed by atoms with Crippen molar-refractivity contribution in [3.63, 3.8) is 0 Å². The molecule has 7 nitrogen and oxygen atoms in total. The maximum atomic E-state index is 13.4. The van der Waals surface area contributed by atoms with Crippen molar-refractivity contribution in [3.05, 3.63) is 12.7 Å². The van der Waals surface area contributed by atoms with Crippen molar-refractivity contribution in [3.8, 4) is 0 Å². The minimum Gasteiger partial charge on any atom is -0.464 e. The maximum absolute atomic E-state index is 13.4. The lowest BCUT2D eigenvalue weighted by Gasteiger charge is -2.50. The summed E-state index contributed by atoms with van der Waals surface area (Å²) in [5, 5.41) is 0.192. The van der Waals surface area contributed by atoms with Crippen molar-refractivity contribution in [2.24, 2.45) is 5.92 Å². The van der Waals surface area contributed by atoms with E-state index in [9.17, 15) is 14.4 Å². The fourth-order valence-corrected chi connectivity index (χ4v) is 8.04. The van der Waals surface area contributed by atoms with E-state index in [0.29, 0.717) is 0 Å². The van der Waals surface area contributed by atoms with Gasteiger partial charge in [0.1, 0.15) is 6.61 Å². The molecule has 2 rings (SSSR count). The van der Waals surface area contributed by atoms with Crippen molar-refractivity contribution in [1.29, 1.82) is 0 Å². The normalized spacial score (nSPS) is 28.4. The quantitative estimate of drug-likeness (QED) is 0.103. The Bertz CT molecular complexity index is 781. The highest BCUT2D eigenvalue weighted by molar-refractivity contribution is 8.02. The molecular formula is C21H35NO6S2Si2. The van der Waals surface area contributed by atoms with E-state index in [2.05, 4.69) is 45.9 Å². The molecule has 11 heteroatoms. The summed E-state index contributed by atoms with van der Waals surface area (Å²) in [7, 11) is -3.37. The number of hydrogen-bond donors (Lipinski definition) is 0. The third kappa shape index (κ3) is 5.37. The van der Waals surface area contributed by atoms with Gasteiger partial charge in [0.25, 0.3) is 5.54 Å². The van der Waals surface area contributed by atoms with Gasteiger partial charge in [0.15, 0.2) is 8.32 Å². The Hall–Kier alpha value is -1.02. The topological polar surface area (TPSA) is 82.1 Å². The second-order valence-corrected chi connectivity index (χ2v) is 22.0. The fourth-order valence-electron chi connectivity index (χ4n) is 3.90. The molecular weight excluding hydrogens is 483 g/mol. The van der Waals surface area contributed by atoms with Gasteiger partial charge in [0.05, 0.1) is 29.3 Å². The van der Waals surface area contributed by atoms with Gasteiger partial charge >= 0.3 is 11.9 Å². The first-order chi connectivity index (χ1) is 14.7. The molecule has 0 spiro atoms. The number of esters is 2. The molecule has 2 aliphatic rings. The number of rotatable bonds is 11. The lowest BCUT2D eigenvalue weighted by atomic mass is 9.83. The van der Waals surface area contributed by atoms with Gasteiger partial charge in [-0.25, -0.2) is 9.59 Å². The average Bonchev–Trinajstić information content (AvgIpc) is 2.94. The van der Waals surface area contributed by atoms with Gasteiger partial charge in [-0.05, 0) is 38.0 Å². The molecule has 0 bridgehead atoms. The number of fused-ring (bicyclic) bond motifs is 1. The summed E-state index contributed by atoms with van der Waals surface area (Å²) in [6.07, 6.45) is 1.08. The van der Waals surface area contributed by atoms with Gasteiger partial charge in [-0.15, -0.1) is 11.8 Å². The predicted molar refractivity (Wildman–Crippen MR) is 136 cm³/mol. The number of β-lactam (4-membered cyclic amide) rings is 1. The van der Waals surface area contributed by atoms with Crippen LogP contribution >= 0.6 is 24.0 Å². The van der Waals surface area contributed by atoms with Crippen LogP contribution in [0.1, 0.15) is 6.92 Å². The second-order valence-electron chi connectivity index (χ2n) is 10.4. The van der Waals surface area contributed by atoms with E-state index >= 15 is 0 Å². The molecule has 2 saturated heterocycles. The van der Waals surface area contributed by atoms with Crippen LogP contribution in [-0.2, 0) is 28.3 Å². The Balaban J connectivity index is 2.38. The molecule has 1 amide bonds. The number of ether oxygens (including phenoxy) is 2. The zero-order valence-electron chi connectivity index (χ0n) is 20.0. The molecule has 0 aromatic rings. The average molecular weight is 518 g/mol. The molecule has 2 heterocycles. The van der Waals surface area contributed by atoms with E-state index in [0.717, 1.165) is 6.04 Å². The number of carbonyl (C=O) groups is 3. The first-order valence-corrected chi connectivity index (χ1v) is 19.3. The van der Waals surface area contributed by atoms with Crippen LogP contribution in [0.5, 0.6) is 0 Å². The van der Waals surface area contributed by atoms with Crippen molar-refractivity contribution in [2.45, 2.75) is 74.5 Å². The number of thioether (sulfide) groups is 1. The Morgan fingerprint density at radius 3 is 2.31 bits per heavy atom. The molecule has 180 valence electrons. The fraction of sp³-hybridized carbons (Fsp3) is 0.714. The lowest BCUT2D eigenvalue weighted by Crippen LogP contribution is -2.74. The minimum absolute atomic E-state index is 0.0805. The number of thiocarbonyl (C=S) groups is 1. The van der Waals surface area contributed by atoms with E-state index in [1.807, 2.05) is 6.92 Å².